The number of carbonyl (C=O) groups is 3. The Morgan fingerprint density at radius 1 is 1.02 bits per heavy atom. The van der Waals surface area contributed by atoms with E-state index in [1.54, 1.807) is 32.5 Å². The molecule has 2 aromatic heterocycles. The summed E-state index contributed by atoms with van der Waals surface area (Å²) in [6, 6.07) is 15.3. The van der Waals surface area contributed by atoms with Crippen molar-refractivity contribution in [1.82, 2.24) is 24.8 Å². The number of Topliss-reactive ketones (excluding diaryl/α,β-unsaturated/α-hetero) is 1. The third-order valence-electron chi connectivity index (χ3n) is 8.53. The largest absolute Gasteiger partial charge is 0.486 e. The van der Waals surface area contributed by atoms with Gasteiger partial charge in [0.05, 0.1) is 35.6 Å². The highest BCUT2D eigenvalue weighted by Gasteiger charge is 2.23. The van der Waals surface area contributed by atoms with E-state index >= 15 is 0 Å². The molecular weight excluding hydrogens is 655 g/mol. The number of amides is 2. The topological polar surface area (TPSA) is 119 Å². The van der Waals surface area contributed by atoms with Crippen LogP contribution in [0.25, 0.3) is 11.0 Å². The molecule has 0 atom stereocenters. The van der Waals surface area contributed by atoms with Crippen LogP contribution in [0.1, 0.15) is 50.3 Å². The van der Waals surface area contributed by atoms with Crippen molar-refractivity contribution in [3.8, 4) is 11.8 Å². The second-order valence-corrected chi connectivity index (χ2v) is 12.6. The van der Waals surface area contributed by atoms with Crippen molar-refractivity contribution in [1.29, 1.82) is 0 Å². The number of hydrogen-bond acceptors (Lipinski definition) is 8. The third kappa shape index (κ3) is 8.63. The Hall–Kier alpha value is -4.19. The number of halogens is 2. The van der Waals surface area contributed by atoms with Crippen LogP contribution < -0.4 is 19.7 Å². The summed E-state index contributed by atoms with van der Waals surface area (Å²) >= 11 is 13.4. The number of carbonyl (C=O) groups excluding carboxylic acids is 3. The average Bonchev–Trinajstić information content (AvgIpc) is 3.44. The van der Waals surface area contributed by atoms with Crippen LogP contribution in [0.3, 0.4) is 0 Å². The Balaban J connectivity index is 1.19. The zero-order valence-corrected chi connectivity index (χ0v) is 28.9. The van der Waals surface area contributed by atoms with Crippen LogP contribution in [0.15, 0.2) is 54.7 Å². The fourth-order valence-electron chi connectivity index (χ4n) is 5.85. The summed E-state index contributed by atoms with van der Waals surface area (Å²) < 4.78 is 13.7. The molecule has 1 saturated heterocycles. The van der Waals surface area contributed by atoms with Gasteiger partial charge in [-0.1, -0.05) is 35.3 Å². The predicted octanol–water partition coefficient (Wildman–Crippen LogP) is 5.68. The van der Waals surface area contributed by atoms with Gasteiger partial charge in [0.15, 0.2) is 0 Å². The number of rotatable bonds is 14. The van der Waals surface area contributed by atoms with Gasteiger partial charge in [0, 0.05) is 75.7 Å². The fraction of sp³-hybridized carbons (Fsp3) is 0.400. The van der Waals surface area contributed by atoms with Crippen LogP contribution in [0.4, 0.5) is 5.69 Å². The highest BCUT2D eigenvalue weighted by molar-refractivity contribution is 6.38. The van der Waals surface area contributed by atoms with Crippen LogP contribution >= 0.6 is 23.2 Å². The lowest BCUT2D eigenvalue weighted by atomic mass is 10.0. The van der Waals surface area contributed by atoms with E-state index in [2.05, 4.69) is 20.2 Å². The molecule has 1 N–H and O–H groups in total. The van der Waals surface area contributed by atoms with Gasteiger partial charge in [0.1, 0.15) is 23.7 Å². The Bertz CT molecular complexity index is 1760. The molecule has 0 spiro atoms. The van der Waals surface area contributed by atoms with Gasteiger partial charge in [-0.2, -0.15) is 4.98 Å². The normalized spacial score (nSPS) is 13.8. The average molecular weight is 696 g/mol. The summed E-state index contributed by atoms with van der Waals surface area (Å²) in [6.07, 6.45) is 4.07. The van der Waals surface area contributed by atoms with Crippen LogP contribution in [0.5, 0.6) is 11.8 Å². The van der Waals surface area contributed by atoms with Gasteiger partial charge in [-0.05, 0) is 49.2 Å². The summed E-state index contributed by atoms with van der Waals surface area (Å²) in [5.74, 6) is 0.304. The van der Waals surface area contributed by atoms with Crippen molar-refractivity contribution in [3.05, 3.63) is 76.0 Å². The minimum absolute atomic E-state index is 0.0147. The molecule has 0 radical (unpaired) electrons. The van der Waals surface area contributed by atoms with E-state index in [0.29, 0.717) is 53.1 Å². The molecule has 3 heterocycles. The summed E-state index contributed by atoms with van der Waals surface area (Å²) in [6.45, 7) is 4.34. The first kappa shape index (κ1) is 35.1. The Morgan fingerprint density at radius 2 is 1.81 bits per heavy atom. The first-order chi connectivity index (χ1) is 23.1. The number of benzene rings is 2. The number of anilines is 1. The predicted molar refractivity (Wildman–Crippen MR) is 186 cm³/mol. The van der Waals surface area contributed by atoms with Crippen LogP contribution in [0.2, 0.25) is 10.0 Å². The molecule has 0 bridgehead atoms. The molecule has 0 unspecified atom stereocenters. The van der Waals surface area contributed by atoms with Crippen molar-refractivity contribution in [2.75, 3.05) is 38.7 Å². The fourth-order valence-corrected chi connectivity index (χ4v) is 6.46. The van der Waals surface area contributed by atoms with Gasteiger partial charge in [0.2, 0.25) is 11.8 Å². The second-order valence-electron chi connectivity index (χ2n) is 11.8. The highest BCUT2D eigenvalue weighted by atomic mass is 35.5. The monoisotopic (exact) mass is 694 g/mol. The summed E-state index contributed by atoms with van der Waals surface area (Å²) in [7, 11) is 3.20. The first-order valence-corrected chi connectivity index (χ1v) is 16.7. The highest BCUT2D eigenvalue weighted by Crippen LogP contribution is 2.36. The lowest BCUT2D eigenvalue weighted by Crippen LogP contribution is -2.44. The molecule has 0 aliphatic carbocycles. The van der Waals surface area contributed by atoms with Gasteiger partial charge in [0.25, 0.3) is 6.01 Å². The number of piperidine rings is 1. The van der Waals surface area contributed by atoms with Gasteiger partial charge in [-0.25, -0.2) is 0 Å². The number of para-hydroxylation sites is 1. The van der Waals surface area contributed by atoms with Gasteiger partial charge >= 0.3 is 0 Å². The van der Waals surface area contributed by atoms with E-state index in [-0.39, 0.29) is 48.1 Å². The van der Waals surface area contributed by atoms with E-state index in [1.807, 2.05) is 41.0 Å². The number of imidazole rings is 1. The Kier molecular flexibility index (Phi) is 11.9. The van der Waals surface area contributed by atoms with Crippen molar-refractivity contribution >= 4 is 57.5 Å². The molecule has 48 heavy (non-hydrogen) atoms. The molecule has 13 heteroatoms. The minimum atomic E-state index is -0.231. The van der Waals surface area contributed by atoms with Gasteiger partial charge in [-0.3, -0.25) is 23.9 Å². The molecule has 2 aromatic carbocycles. The molecule has 2 amide bonds. The molecule has 1 fully saturated rings. The van der Waals surface area contributed by atoms with Crippen LogP contribution in [-0.2, 0) is 27.5 Å². The number of methoxy groups -OCH3 is 1. The summed E-state index contributed by atoms with van der Waals surface area (Å²) in [4.78, 5) is 49.8. The third-order valence-corrected chi connectivity index (χ3v) is 9.30. The van der Waals surface area contributed by atoms with E-state index in [4.69, 9.17) is 32.7 Å². The number of pyridine rings is 1. The standard InChI is InChI=1S/C35H40Cl2N6O5/c1-23(44)39-24-14-18-42(19-15-24)20-16-26(45)10-13-32(46)41(2)29-12-11-28(36)27(33(29)37)22-48-31-9-6-8-30-34(31)40-35(47-3)43(30)21-25-7-4-5-17-38-25/h4-9,11-12,17,24H,10,13-16,18-22H2,1-3H3,(H,39,44). The second kappa shape index (κ2) is 16.3. The Morgan fingerprint density at radius 3 is 2.52 bits per heavy atom. The molecule has 5 rings (SSSR count). The minimum Gasteiger partial charge on any atom is -0.486 e. The number of hydrogen-bond donors (Lipinski definition) is 1. The lowest BCUT2D eigenvalue weighted by molar-refractivity contribution is -0.124. The maximum absolute atomic E-state index is 13.1. The van der Waals surface area contributed by atoms with Crippen molar-refractivity contribution < 1.29 is 23.9 Å². The number of nitrogens with one attached hydrogen (secondary N) is 1. The van der Waals surface area contributed by atoms with Crippen LogP contribution in [0, 0.1) is 0 Å². The molecule has 1 aliphatic heterocycles. The molecule has 11 nitrogen and oxygen atoms in total. The van der Waals surface area contributed by atoms with E-state index in [0.717, 1.165) is 37.1 Å². The number of fused-ring (bicyclic) bond motifs is 1. The number of ether oxygens (including phenoxy) is 2. The van der Waals surface area contributed by atoms with Crippen LogP contribution in [-0.4, -0.2) is 76.9 Å². The number of nitrogens with zero attached hydrogens (tertiary/aromatic N) is 5. The van der Waals surface area contributed by atoms with Crippen molar-refractivity contribution in [3.63, 3.8) is 0 Å². The van der Waals surface area contributed by atoms with Crippen molar-refractivity contribution in [2.45, 2.75) is 58.2 Å². The quantitative estimate of drug-likeness (QED) is 0.179. The van der Waals surface area contributed by atoms with E-state index in [9.17, 15) is 14.4 Å². The van der Waals surface area contributed by atoms with Crippen molar-refractivity contribution in [2.24, 2.45) is 0 Å². The zero-order chi connectivity index (χ0) is 34.2. The zero-order valence-electron chi connectivity index (χ0n) is 27.4. The number of ketones is 1. The first-order valence-electron chi connectivity index (χ1n) is 15.9. The number of aromatic nitrogens is 3. The molecule has 4 aromatic rings. The van der Waals surface area contributed by atoms with Gasteiger partial charge < -0.3 is 24.6 Å². The van der Waals surface area contributed by atoms with E-state index < -0.39 is 0 Å². The summed E-state index contributed by atoms with van der Waals surface area (Å²) in [5.41, 5.74) is 3.27. The smallest absolute Gasteiger partial charge is 0.297 e. The molecule has 0 saturated carbocycles. The summed E-state index contributed by atoms with van der Waals surface area (Å²) in [5, 5.41) is 3.64. The molecular formula is C35H40Cl2N6O5. The lowest BCUT2D eigenvalue weighted by Gasteiger charge is -2.31. The Labute approximate surface area is 290 Å². The van der Waals surface area contributed by atoms with E-state index in [1.165, 1.54) is 11.8 Å². The molecule has 1 aliphatic rings. The maximum atomic E-state index is 13.1. The number of likely N-dealkylation sites (tertiary alicyclic amines) is 1. The molecule has 254 valence electrons. The maximum Gasteiger partial charge on any atom is 0.297 e. The van der Waals surface area contributed by atoms with Gasteiger partial charge in [-0.15, -0.1) is 0 Å². The SMILES string of the molecule is COc1nc2c(OCc3c(Cl)ccc(N(C)C(=O)CCC(=O)CCN4CCC(NC(C)=O)CC4)c3Cl)cccc2n1Cc1ccccn1.